The van der Waals surface area contributed by atoms with Crippen LogP contribution >= 0.6 is 0 Å². The number of carbonyl (C=O) groups is 4. The van der Waals surface area contributed by atoms with Gasteiger partial charge in [0.2, 0.25) is 5.60 Å². The summed E-state index contributed by atoms with van der Waals surface area (Å²) in [6, 6.07) is 0. The molecule has 7 rings (SSSR count). The summed E-state index contributed by atoms with van der Waals surface area (Å²) in [6.07, 6.45) is 1.57. The van der Waals surface area contributed by atoms with Gasteiger partial charge in [-0.05, 0) is 58.6 Å². The van der Waals surface area contributed by atoms with Gasteiger partial charge in [-0.15, -0.1) is 0 Å². The Morgan fingerprint density at radius 3 is 2.50 bits per heavy atom. The molecule has 0 unspecified atom stereocenters. The minimum absolute atomic E-state index is 0.00257. The Morgan fingerprint density at radius 2 is 1.82 bits per heavy atom. The molecule has 216 valence electrons. The van der Waals surface area contributed by atoms with Crippen molar-refractivity contribution in [2.75, 3.05) is 0 Å². The van der Waals surface area contributed by atoms with Crippen LogP contribution in [0.4, 0.5) is 0 Å². The minimum Gasteiger partial charge on any atom is -0.450 e. The fourth-order valence-corrected chi connectivity index (χ4v) is 9.27. The minimum atomic E-state index is -2.29. The first-order chi connectivity index (χ1) is 18.5. The Labute approximate surface area is 230 Å². The lowest BCUT2D eigenvalue weighted by atomic mass is 9.65. The van der Waals surface area contributed by atoms with Crippen LogP contribution in [0.3, 0.4) is 0 Å². The molecule has 4 bridgehead atoms. The first-order valence-corrected chi connectivity index (χ1v) is 14.0. The number of allylic oxidation sites excluding steroid dienone is 2. The third-order valence-electron chi connectivity index (χ3n) is 10.8. The summed E-state index contributed by atoms with van der Waals surface area (Å²) in [4.78, 5) is 51.9. The number of aliphatic hydroxyl groups is 2. The molecule has 1 aliphatic carbocycles. The van der Waals surface area contributed by atoms with Gasteiger partial charge in [0.05, 0.1) is 24.0 Å². The lowest BCUT2D eigenvalue weighted by Crippen LogP contribution is -2.73. The molecule has 11 nitrogen and oxygen atoms in total. The summed E-state index contributed by atoms with van der Waals surface area (Å²) in [6.45, 7) is 8.74. The largest absolute Gasteiger partial charge is 0.450 e. The van der Waals surface area contributed by atoms with E-state index in [1.807, 2.05) is 13.8 Å². The summed E-state index contributed by atoms with van der Waals surface area (Å²) in [7, 11) is 0. The Balaban J connectivity index is 1.30. The lowest BCUT2D eigenvalue weighted by Gasteiger charge is -2.52. The molecule has 0 amide bonds. The van der Waals surface area contributed by atoms with Gasteiger partial charge in [-0.3, -0.25) is 9.59 Å². The van der Waals surface area contributed by atoms with Gasteiger partial charge < -0.3 is 33.9 Å². The van der Waals surface area contributed by atoms with Crippen LogP contribution in [-0.4, -0.2) is 74.3 Å². The van der Waals surface area contributed by atoms with Crippen LogP contribution in [0.2, 0.25) is 0 Å². The maximum Gasteiger partial charge on any atom is 0.339 e. The van der Waals surface area contributed by atoms with Gasteiger partial charge >= 0.3 is 17.9 Å². The normalized spacial score (nSPS) is 51.3. The van der Waals surface area contributed by atoms with Crippen LogP contribution in [0.1, 0.15) is 66.7 Å². The van der Waals surface area contributed by atoms with Crippen LogP contribution in [-0.2, 0) is 42.9 Å². The molecular weight excluding hydrogens is 524 g/mol. The molecule has 0 aromatic carbocycles. The lowest BCUT2D eigenvalue weighted by molar-refractivity contribution is -0.368. The zero-order chi connectivity index (χ0) is 28.8. The molecule has 10 atom stereocenters. The smallest absolute Gasteiger partial charge is 0.339 e. The number of Topliss-reactive ketones (excluding diaryl/α,β-unsaturated/α-hetero) is 1. The van der Waals surface area contributed by atoms with Crippen molar-refractivity contribution in [3.8, 4) is 0 Å². The van der Waals surface area contributed by atoms with E-state index in [-0.39, 0.29) is 43.6 Å². The van der Waals surface area contributed by atoms with E-state index in [2.05, 4.69) is 0 Å². The number of fused-ring (bicyclic) bond motifs is 2. The van der Waals surface area contributed by atoms with Gasteiger partial charge in [0.15, 0.2) is 11.2 Å². The average Bonchev–Trinajstić information content (AvgIpc) is 3.51. The highest BCUT2D eigenvalue weighted by Crippen LogP contribution is 2.73. The van der Waals surface area contributed by atoms with Gasteiger partial charge in [0.25, 0.3) is 5.79 Å². The molecule has 7 aliphatic rings. The van der Waals surface area contributed by atoms with E-state index in [1.165, 1.54) is 0 Å². The molecular formula is C29H34O11. The summed E-state index contributed by atoms with van der Waals surface area (Å²) in [5.74, 6) is -6.37. The molecule has 0 aromatic rings. The molecule has 2 N–H and O–H groups in total. The molecule has 6 fully saturated rings. The number of carbonyl (C=O) groups excluding carboxylic acids is 4. The van der Waals surface area contributed by atoms with Crippen molar-refractivity contribution >= 4 is 23.7 Å². The second-order valence-corrected chi connectivity index (χ2v) is 13.6. The first kappa shape index (κ1) is 26.3. The van der Waals surface area contributed by atoms with Gasteiger partial charge in [-0.2, -0.15) is 0 Å². The third kappa shape index (κ3) is 2.80. The van der Waals surface area contributed by atoms with Crippen molar-refractivity contribution in [3.05, 3.63) is 23.5 Å². The molecule has 11 heteroatoms. The van der Waals surface area contributed by atoms with Gasteiger partial charge in [0.1, 0.15) is 17.6 Å². The number of cyclic esters (lactones) is 1. The van der Waals surface area contributed by atoms with Crippen LogP contribution < -0.4 is 0 Å². The first-order valence-electron chi connectivity index (χ1n) is 14.0. The fourth-order valence-electron chi connectivity index (χ4n) is 9.27. The van der Waals surface area contributed by atoms with E-state index >= 15 is 0 Å². The van der Waals surface area contributed by atoms with Crippen molar-refractivity contribution in [1.29, 1.82) is 0 Å². The van der Waals surface area contributed by atoms with E-state index in [0.717, 1.165) is 0 Å². The monoisotopic (exact) mass is 558 g/mol. The van der Waals surface area contributed by atoms with Crippen LogP contribution in [0, 0.1) is 23.2 Å². The number of hydrogen-bond acceptors (Lipinski definition) is 11. The zero-order valence-corrected chi connectivity index (χ0v) is 23.1. The van der Waals surface area contributed by atoms with E-state index in [9.17, 15) is 29.4 Å². The predicted molar refractivity (Wildman–Crippen MR) is 132 cm³/mol. The highest BCUT2D eigenvalue weighted by molar-refractivity contribution is 5.93. The highest BCUT2D eigenvalue weighted by atomic mass is 16.7. The van der Waals surface area contributed by atoms with Crippen molar-refractivity contribution in [1.82, 2.24) is 0 Å². The topological polar surface area (TPSA) is 155 Å². The molecule has 5 saturated heterocycles. The Morgan fingerprint density at radius 1 is 1.10 bits per heavy atom. The average molecular weight is 559 g/mol. The van der Waals surface area contributed by atoms with Gasteiger partial charge in [0, 0.05) is 22.8 Å². The summed E-state index contributed by atoms with van der Waals surface area (Å²) < 4.78 is 29.7. The molecule has 6 heterocycles. The molecule has 40 heavy (non-hydrogen) atoms. The fraction of sp³-hybridized carbons (Fsp3) is 0.724. The number of rotatable bonds is 3. The number of hydrogen-bond donors (Lipinski definition) is 2. The van der Waals surface area contributed by atoms with Crippen molar-refractivity contribution in [2.45, 2.75) is 107 Å². The Hall–Kier alpha value is -2.60. The van der Waals surface area contributed by atoms with Crippen LogP contribution in [0.25, 0.3) is 0 Å². The maximum atomic E-state index is 13.9. The summed E-state index contributed by atoms with van der Waals surface area (Å²) in [5.41, 5.74) is -7.07. The van der Waals surface area contributed by atoms with E-state index in [0.29, 0.717) is 5.57 Å². The molecule has 6 aliphatic heterocycles. The quantitative estimate of drug-likeness (QED) is 0.381. The van der Waals surface area contributed by atoms with Crippen molar-refractivity contribution in [2.24, 2.45) is 23.2 Å². The third-order valence-corrected chi connectivity index (χ3v) is 10.8. The summed E-state index contributed by atoms with van der Waals surface area (Å²) in [5, 5.41) is 24.7. The Bertz CT molecular complexity index is 1350. The summed E-state index contributed by atoms with van der Waals surface area (Å²) >= 11 is 0. The highest BCUT2D eigenvalue weighted by Gasteiger charge is 2.92. The Kier molecular flexibility index (Phi) is 4.88. The van der Waals surface area contributed by atoms with Crippen LogP contribution in [0.15, 0.2) is 23.5 Å². The van der Waals surface area contributed by atoms with Gasteiger partial charge in [-0.25, -0.2) is 9.59 Å². The number of ether oxygens (including phenoxy) is 5. The van der Waals surface area contributed by atoms with E-state index in [1.54, 1.807) is 32.9 Å². The van der Waals surface area contributed by atoms with Crippen LogP contribution in [0.5, 0.6) is 0 Å². The van der Waals surface area contributed by atoms with E-state index in [4.69, 9.17) is 23.7 Å². The predicted octanol–water partition coefficient (Wildman–Crippen LogP) is 1.38. The van der Waals surface area contributed by atoms with E-state index < -0.39 is 81.5 Å². The van der Waals surface area contributed by atoms with Crippen molar-refractivity contribution < 1.29 is 53.1 Å². The number of ketones is 1. The molecule has 1 spiro atoms. The van der Waals surface area contributed by atoms with Gasteiger partial charge in [-0.1, -0.05) is 13.8 Å². The number of esters is 3. The SMILES string of the molecule is CC1=CC(=C[C@@H](C)C(=O)[C@@]2(C)CC[C@@]34OC(=O)[C@@](O)(C2)[C@@H]3[C@@H]2C[C@H]3C(C)(C)O[C@@H]5CC(=O)O[C@@]53[C@@]4(O)O2)OC1=O. The zero-order valence-electron chi connectivity index (χ0n) is 23.1. The molecule has 0 aromatic heterocycles. The standard InChI is InChI=1S/C29H34O11/c1-13(8-15-9-14(2)22(32)36-15)21(31)25(5)6-7-27-20(26(34,12-25)23(33)40-27)16-10-17-24(3,4)38-18-11-19(30)39-28(17,18)29(27,35)37-16/h8-9,13,16-18,20,34-35H,6-7,10-12H2,1-5H3/t13-,16+,17+,18-,20+,25+,26-,27-,28-,29+/m1/s1. The van der Waals surface area contributed by atoms with Crippen molar-refractivity contribution in [3.63, 3.8) is 0 Å². The second kappa shape index (κ2) is 7.42. The molecule has 0 radical (unpaired) electrons. The molecule has 1 saturated carbocycles. The second-order valence-electron chi connectivity index (χ2n) is 13.6. The maximum absolute atomic E-state index is 13.9.